The molecule has 0 radical (unpaired) electrons. The Morgan fingerprint density at radius 1 is 1.12 bits per heavy atom. The Labute approximate surface area is 240 Å². The van der Waals surface area contributed by atoms with Crippen molar-refractivity contribution in [3.8, 4) is 11.4 Å². The number of carbonyl (C=O) groups is 1. The Hall–Kier alpha value is -4.52. The van der Waals surface area contributed by atoms with Gasteiger partial charge in [-0.2, -0.15) is 0 Å². The Balaban J connectivity index is 1.32. The molecule has 0 spiro atoms. The zero-order valence-corrected chi connectivity index (χ0v) is 22.9. The van der Waals surface area contributed by atoms with Crippen molar-refractivity contribution in [2.45, 2.75) is 25.9 Å². The van der Waals surface area contributed by atoms with E-state index in [4.69, 9.17) is 21.3 Å². The third-order valence-corrected chi connectivity index (χ3v) is 7.18. The molecule has 2 aromatic heterocycles. The molecule has 5 aromatic rings. The molecule has 1 amide bonds. The fourth-order valence-corrected chi connectivity index (χ4v) is 5.06. The van der Waals surface area contributed by atoms with Crippen LogP contribution in [0.5, 0.6) is 5.75 Å². The van der Waals surface area contributed by atoms with Crippen LogP contribution in [0.2, 0.25) is 5.02 Å². The molecule has 0 unspecified atom stereocenters. The average Bonchev–Trinajstić information content (AvgIpc) is 3.54. The molecule has 1 atom stereocenters. The fraction of sp³-hybridized carbons (Fsp3) is 0.179. The summed E-state index contributed by atoms with van der Waals surface area (Å²) in [6.07, 6.45) is 0.0352. The summed E-state index contributed by atoms with van der Waals surface area (Å²) in [7, 11) is -0.0830. The van der Waals surface area contributed by atoms with E-state index < -0.39 is 13.2 Å². The number of rotatable bonds is 7. The molecule has 41 heavy (non-hydrogen) atoms. The maximum absolute atomic E-state index is 13.3. The molecule has 11 nitrogen and oxygen atoms in total. The van der Waals surface area contributed by atoms with E-state index in [1.807, 2.05) is 47.9 Å². The van der Waals surface area contributed by atoms with Gasteiger partial charge in [0.25, 0.3) is 0 Å². The minimum Gasteiger partial charge on any atom is -0.497 e. The summed E-state index contributed by atoms with van der Waals surface area (Å²) in [5, 5.41) is 31.0. The normalized spacial score (nSPS) is 14.2. The van der Waals surface area contributed by atoms with E-state index in [0.29, 0.717) is 39.2 Å². The summed E-state index contributed by atoms with van der Waals surface area (Å²) in [5.41, 5.74) is 5.28. The van der Waals surface area contributed by atoms with Crippen molar-refractivity contribution in [1.82, 2.24) is 30.0 Å². The van der Waals surface area contributed by atoms with Gasteiger partial charge in [0.2, 0.25) is 5.91 Å². The zero-order chi connectivity index (χ0) is 28.7. The van der Waals surface area contributed by atoms with Crippen molar-refractivity contribution in [3.05, 3.63) is 94.0 Å². The van der Waals surface area contributed by atoms with Crippen LogP contribution in [0.25, 0.3) is 16.7 Å². The molecule has 13 heteroatoms. The van der Waals surface area contributed by atoms with E-state index in [1.165, 1.54) is 0 Å². The van der Waals surface area contributed by atoms with Gasteiger partial charge < -0.3 is 25.1 Å². The lowest BCUT2D eigenvalue weighted by atomic mass is 9.91. The number of H-pyrrole nitrogens is 1. The third kappa shape index (κ3) is 5.20. The second-order valence-electron chi connectivity index (χ2n) is 9.65. The molecule has 0 fully saturated rings. The largest absolute Gasteiger partial charge is 0.526 e. The third-order valence-electron chi connectivity index (χ3n) is 6.93. The number of amides is 1. The number of nitrogens with zero attached hydrogens (tertiary/aromatic N) is 5. The lowest BCUT2D eigenvalue weighted by molar-refractivity contribution is -0.121. The first-order chi connectivity index (χ1) is 19.8. The highest BCUT2D eigenvalue weighted by Crippen LogP contribution is 2.34. The minimum absolute atomic E-state index is 0.0352. The van der Waals surface area contributed by atoms with Crippen LogP contribution in [0.1, 0.15) is 40.8 Å². The Bertz CT molecular complexity index is 1800. The summed E-state index contributed by atoms with van der Waals surface area (Å²) in [5.74, 6) is 1.68. The Morgan fingerprint density at radius 3 is 2.68 bits per heavy atom. The van der Waals surface area contributed by atoms with E-state index >= 15 is 0 Å². The number of aryl methyl sites for hydroxylation is 1. The smallest absolute Gasteiger partial charge is 0.497 e. The molecular weight excluding hydrogens is 545 g/mol. The number of hydrogen-bond acceptors (Lipinski definition) is 8. The number of aliphatic imine (C=N–C) groups is 1. The molecular formula is C28H25BClN7O4. The first-order valence-corrected chi connectivity index (χ1v) is 13.2. The van der Waals surface area contributed by atoms with Gasteiger partial charge in [-0.3, -0.25) is 14.4 Å². The molecule has 1 aliphatic heterocycles. The summed E-state index contributed by atoms with van der Waals surface area (Å²) in [6.45, 7) is 2.12. The second-order valence-corrected chi connectivity index (χ2v) is 10.1. The highest BCUT2D eigenvalue weighted by molar-refractivity contribution is 6.56. The van der Waals surface area contributed by atoms with Crippen LogP contribution in [0.3, 0.4) is 0 Å². The van der Waals surface area contributed by atoms with Crippen LogP contribution in [0, 0.1) is 6.92 Å². The molecule has 206 valence electrons. The number of imidazole rings is 1. The number of carbonyl (C=O) groups excluding carboxylic acids is 1. The monoisotopic (exact) mass is 569 g/mol. The molecule has 3 heterocycles. The number of halogens is 1. The molecule has 1 aliphatic rings. The van der Waals surface area contributed by atoms with Crippen LogP contribution in [0.4, 0.5) is 0 Å². The van der Waals surface area contributed by atoms with Gasteiger partial charge in [-0.1, -0.05) is 29.8 Å². The van der Waals surface area contributed by atoms with E-state index in [2.05, 4.69) is 25.5 Å². The Kier molecular flexibility index (Phi) is 7.04. The summed E-state index contributed by atoms with van der Waals surface area (Å²) < 4.78 is 7.45. The van der Waals surface area contributed by atoms with Crippen LogP contribution in [-0.4, -0.2) is 60.6 Å². The molecule has 3 aromatic carbocycles. The van der Waals surface area contributed by atoms with E-state index in [1.54, 1.807) is 31.4 Å². The quantitative estimate of drug-likeness (QED) is 0.220. The first kappa shape index (κ1) is 26.7. The summed E-state index contributed by atoms with van der Waals surface area (Å²) >= 11 is 6.17. The molecule has 0 bridgehead atoms. The molecule has 0 saturated carbocycles. The van der Waals surface area contributed by atoms with Gasteiger partial charge in [0.05, 0.1) is 36.0 Å². The summed E-state index contributed by atoms with van der Waals surface area (Å²) in [6, 6.07) is 17.9. The van der Waals surface area contributed by atoms with E-state index in [-0.39, 0.29) is 24.6 Å². The predicted molar refractivity (Wildman–Crippen MR) is 155 cm³/mol. The fourth-order valence-electron chi connectivity index (χ4n) is 4.93. The predicted octanol–water partition coefficient (Wildman–Crippen LogP) is 2.39. The molecule has 0 aliphatic carbocycles. The zero-order valence-electron chi connectivity index (χ0n) is 22.2. The topological polar surface area (TPSA) is 151 Å². The molecule has 6 rings (SSSR count). The van der Waals surface area contributed by atoms with E-state index in [0.717, 1.165) is 22.4 Å². The van der Waals surface area contributed by atoms with Gasteiger partial charge >= 0.3 is 7.12 Å². The van der Waals surface area contributed by atoms with Crippen molar-refractivity contribution in [2.75, 3.05) is 7.11 Å². The maximum atomic E-state index is 13.3. The minimum atomic E-state index is -1.69. The highest BCUT2D eigenvalue weighted by Gasteiger charge is 2.30. The Morgan fingerprint density at radius 2 is 1.93 bits per heavy atom. The van der Waals surface area contributed by atoms with Gasteiger partial charge in [-0.15, -0.1) is 10.2 Å². The molecule has 0 saturated heterocycles. The van der Waals surface area contributed by atoms with Gasteiger partial charge in [0.15, 0.2) is 5.82 Å². The van der Waals surface area contributed by atoms with E-state index in [9.17, 15) is 14.8 Å². The summed E-state index contributed by atoms with van der Waals surface area (Å²) in [4.78, 5) is 25.4. The number of methoxy groups -OCH3 is 1. The number of hydrogen-bond donors (Lipinski definition) is 4. The van der Waals surface area contributed by atoms with Gasteiger partial charge in [-0.05, 0) is 55.0 Å². The van der Waals surface area contributed by atoms with Gasteiger partial charge in [0.1, 0.15) is 23.3 Å². The maximum Gasteiger partial charge on any atom is 0.526 e. The van der Waals surface area contributed by atoms with Crippen LogP contribution in [0.15, 0.2) is 65.7 Å². The number of benzene rings is 3. The van der Waals surface area contributed by atoms with Crippen LogP contribution >= 0.6 is 11.6 Å². The van der Waals surface area contributed by atoms with Crippen molar-refractivity contribution in [2.24, 2.45) is 4.99 Å². The number of ether oxygens (including phenoxy) is 1. The van der Waals surface area contributed by atoms with Crippen LogP contribution in [-0.2, 0) is 11.3 Å². The standard InChI is InChI=1S/C28H25BClN7O4/c1-15-35-36-27-23(13-25(38)31-14-16-3-9-21-22(11-16)34-28(33-21)29(39)40)32-26(17-4-6-18(30)7-5-17)20-12-19(41-2)8-10-24(20)37(15)27/h3-12,23,39-40H,13-14H2,1-2H3,(H,31,38)(H,33,34)/t23-/m0/s1. The SMILES string of the molecule is COc1ccc2c(c1)C(c1ccc(Cl)cc1)=N[C@@H](CC(=O)NCc1ccc3nc(B(O)O)[nH]c3c1)c1nnc(C)n1-2. The van der Waals surface area contributed by atoms with Crippen molar-refractivity contribution in [1.29, 1.82) is 0 Å². The molecule has 4 N–H and O–H groups in total. The van der Waals surface area contributed by atoms with Crippen molar-refractivity contribution < 1.29 is 19.6 Å². The second kappa shape index (κ2) is 10.8. The van der Waals surface area contributed by atoms with Crippen molar-refractivity contribution >= 4 is 47.1 Å². The van der Waals surface area contributed by atoms with Gasteiger partial charge in [0, 0.05) is 22.7 Å². The first-order valence-electron chi connectivity index (χ1n) is 12.9. The lowest BCUT2D eigenvalue weighted by Crippen LogP contribution is -2.33. The average molecular weight is 570 g/mol. The number of fused-ring (bicyclic) bond motifs is 4. The van der Waals surface area contributed by atoms with Crippen molar-refractivity contribution in [3.63, 3.8) is 0 Å². The van der Waals surface area contributed by atoms with Gasteiger partial charge in [-0.25, -0.2) is 4.98 Å². The highest BCUT2D eigenvalue weighted by atomic mass is 35.5. The number of aromatic amines is 1. The van der Waals surface area contributed by atoms with Crippen LogP contribution < -0.4 is 15.8 Å². The number of nitrogens with one attached hydrogen (secondary N) is 2. The lowest BCUT2D eigenvalue weighted by Gasteiger charge is -2.14. The number of aromatic nitrogens is 5.